The number of hydrogen-bond acceptors (Lipinski definition) is 4. The standard InChI is InChI=1S/C22H24N2OS2/c25-21(24-22-23-12-14-27-22)19(15-16-5-1-2-6-16)17-8-10-18(11-9-17)20-7-3-4-13-26-20/h4,7-14,16,19H,1-3,5-6,15H2,(H,23,24,25). The lowest BCUT2D eigenvalue weighted by Crippen LogP contribution is -2.23. The highest BCUT2D eigenvalue weighted by Crippen LogP contribution is 2.37. The molecule has 0 bridgehead atoms. The van der Waals surface area contributed by atoms with Crippen molar-refractivity contribution in [3.8, 4) is 0 Å². The molecule has 2 heterocycles. The molecule has 27 heavy (non-hydrogen) atoms. The van der Waals surface area contributed by atoms with Gasteiger partial charge in [0.1, 0.15) is 0 Å². The van der Waals surface area contributed by atoms with Gasteiger partial charge in [0.25, 0.3) is 0 Å². The van der Waals surface area contributed by atoms with E-state index in [1.165, 1.54) is 47.5 Å². The first-order valence-corrected chi connectivity index (χ1v) is 11.4. The summed E-state index contributed by atoms with van der Waals surface area (Å²) in [5.74, 6) is 0.608. The number of benzene rings is 1. The summed E-state index contributed by atoms with van der Waals surface area (Å²) in [6.45, 7) is 0. The molecule has 1 amide bonds. The number of carbonyl (C=O) groups excluding carboxylic acids is 1. The number of amides is 1. The third-order valence-electron chi connectivity index (χ3n) is 5.35. The fraction of sp³-hybridized carbons (Fsp3) is 0.364. The molecule has 1 atom stereocenters. The molecular weight excluding hydrogens is 372 g/mol. The largest absolute Gasteiger partial charge is 0.301 e. The maximum Gasteiger partial charge on any atom is 0.233 e. The average molecular weight is 397 g/mol. The number of allylic oxidation sites excluding steroid dienone is 2. The van der Waals surface area contributed by atoms with Crippen LogP contribution in [0.25, 0.3) is 4.91 Å². The Morgan fingerprint density at radius 2 is 2.04 bits per heavy atom. The molecule has 5 heteroatoms. The number of nitrogens with one attached hydrogen (secondary N) is 1. The Hall–Kier alpha value is -1.85. The normalized spacial score (nSPS) is 18.3. The van der Waals surface area contributed by atoms with Gasteiger partial charge >= 0.3 is 0 Å². The van der Waals surface area contributed by atoms with Crippen LogP contribution < -0.4 is 5.32 Å². The van der Waals surface area contributed by atoms with Gasteiger partial charge in [0.05, 0.1) is 5.92 Å². The van der Waals surface area contributed by atoms with Crippen molar-refractivity contribution in [3.63, 3.8) is 0 Å². The summed E-state index contributed by atoms with van der Waals surface area (Å²) >= 11 is 3.23. The summed E-state index contributed by atoms with van der Waals surface area (Å²) in [6.07, 6.45) is 13.1. The van der Waals surface area contributed by atoms with Crippen molar-refractivity contribution in [1.82, 2.24) is 4.98 Å². The first-order valence-electron chi connectivity index (χ1n) is 9.62. The predicted octanol–water partition coefficient (Wildman–Crippen LogP) is 6.44. The first kappa shape index (κ1) is 18.5. The molecule has 1 aromatic heterocycles. The van der Waals surface area contributed by atoms with Crippen molar-refractivity contribution in [2.75, 3.05) is 5.32 Å². The van der Waals surface area contributed by atoms with Gasteiger partial charge in [0, 0.05) is 16.5 Å². The Balaban J connectivity index is 1.53. The first-order chi connectivity index (χ1) is 13.3. The quantitative estimate of drug-likeness (QED) is 0.611. The van der Waals surface area contributed by atoms with Crippen LogP contribution >= 0.6 is 23.1 Å². The lowest BCUT2D eigenvalue weighted by atomic mass is 9.87. The molecule has 0 saturated heterocycles. The molecule has 1 aliphatic heterocycles. The van der Waals surface area contributed by atoms with E-state index in [9.17, 15) is 4.79 Å². The highest BCUT2D eigenvalue weighted by molar-refractivity contribution is 8.11. The summed E-state index contributed by atoms with van der Waals surface area (Å²) in [5.41, 5.74) is 2.34. The van der Waals surface area contributed by atoms with E-state index >= 15 is 0 Å². The summed E-state index contributed by atoms with van der Waals surface area (Å²) in [4.78, 5) is 18.5. The fourth-order valence-corrected chi connectivity index (χ4v) is 5.27. The Labute approximate surface area is 169 Å². The molecule has 1 aromatic carbocycles. The summed E-state index contributed by atoms with van der Waals surface area (Å²) in [5, 5.41) is 7.74. The predicted molar refractivity (Wildman–Crippen MR) is 116 cm³/mol. The molecule has 1 saturated carbocycles. The molecule has 0 spiro atoms. The van der Waals surface area contributed by atoms with Gasteiger partial charge in [-0.25, -0.2) is 4.98 Å². The molecule has 1 unspecified atom stereocenters. The van der Waals surface area contributed by atoms with E-state index < -0.39 is 0 Å². The van der Waals surface area contributed by atoms with Crippen molar-refractivity contribution < 1.29 is 4.79 Å². The van der Waals surface area contributed by atoms with Crippen LogP contribution in [0.3, 0.4) is 0 Å². The molecule has 1 N–H and O–H groups in total. The van der Waals surface area contributed by atoms with Crippen molar-refractivity contribution >= 4 is 39.0 Å². The smallest absolute Gasteiger partial charge is 0.233 e. The summed E-state index contributed by atoms with van der Waals surface area (Å²) in [6, 6.07) is 8.59. The number of thiazole rings is 1. The number of aromatic nitrogens is 1. The number of thioether (sulfide) groups is 1. The molecule has 2 aliphatic rings. The van der Waals surface area contributed by atoms with E-state index in [0.717, 1.165) is 18.4 Å². The topological polar surface area (TPSA) is 42.0 Å². The van der Waals surface area contributed by atoms with Crippen LogP contribution in [-0.4, -0.2) is 10.9 Å². The third-order valence-corrected chi connectivity index (χ3v) is 7.02. The molecule has 140 valence electrons. The minimum absolute atomic E-state index is 0.0683. The van der Waals surface area contributed by atoms with Gasteiger partial charge < -0.3 is 5.32 Å². The molecule has 4 rings (SSSR count). The monoisotopic (exact) mass is 396 g/mol. The lowest BCUT2D eigenvalue weighted by molar-refractivity contribution is -0.118. The van der Waals surface area contributed by atoms with Gasteiger partial charge in [-0.2, -0.15) is 0 Å². The highest BCUT2D eigenvalue weighted by Gasteiger charge is 2.27. The van der Waals surface area contributed by atoms with Gasteiger partial charge in [-0.15, -0.1) is 11.3 Å². The molecule has 0 radical (unpaired) electrons. The van der Waals surface area contributed by atoms with E-state index in [1.807, 2.05) is 5.38 Å². The van der Waals surface area contributed by atoms with Crippen LogP contribution in [-0.2, 0) is 4.79 Å². The van der Waals surface area contributed by atoms with Crippen molar-refractivity contribution in [2.24, 2.45) is 5.92 Å². The molecule has 1 aliphatic carbocycles. The summed E-state index contributed by atoms with van der Waals surface area (Å²) in [7, 11) is 0. The second-order valence-electron chi connectivity index (χ2n) is 7.18. The van der Waals surface area contributed by atoms with Gasteiger partial charge in [0.15, 0.2) is 5.13 Å². The zero-order valence-corrected chi connectivity index (χ0v) is 16.9. The molecular formula is C22H24N2OS2. The SMILES string of the molecule is O=C(Nc1nccs1)C(CC1CCCC1)c1ccc(C2=CCC=CS2)cc1. The zero-order valence-electron chi connectivity index (χ0n) is 15.3. The van der Waals surface area contributed by atoms with Crippen LogP contribution in [0.2, 0.25) is 0 Å². The van der Waals surface area contributed by atoms with E-state index in [1.54, 1.807) is 18.0 Å². The molecule has 2 aromatic rings. The third kappa shape index (κ3) is 4.71. The van der Waals surface area contributed by atoms with Crippen LogP contribution in [0.5, 0.6) is 0 Å². The molecule has 3 nitrogen and oxygen atoms in total. The lowest BCUT2D eigenvalue weighted by Gasteiger charge is -2.20. The minimum Gasteiger partial charge on any atom is -0.301 e. The average Bonchev–Trinajstić information content (AvgIpc) is 3.41. The van der Waals surface area contributed by atoms with Crippen molar-refractivity contribution in [1.29, 1.82) is 0 Å². The second kappa shape index (κ2) is 8.89. The van der Waals surface area contributed by atoms with Crippen molar-refractivity contribution in [2.45, 2.75) is 44.4 Å². The summed E-state index contributed by atoms with van der Waals surface area (Å²) < 4.78 is 0. The minimum atomic E-state index is -0.112. The maximum absolute atomic E-state index is 13.0. The number of carbonyl (C=O) groups is 1. The maximum atomic E-state index is 13.0. The fourth-order valence-electron chi connectivity index (χ4n) is 3.92. The Bertz CT molecular complexity index is 819. The van der Waals surface area contributed by atoms with E-state index in [0.29, 0.717) is 11.0 Å². The van der Waals surface area contributed by atoms with E-state index in [4.69, 9.17) is 0 Å². The van der Waals surface area contributed by atoms with Crippen molar-refractivity contribution in [3.05, 3.63) is 64.5 Å². The highest BCUT2D eigenvalue weighted by atomic mass is 32.2. The number of hydrogen-bond donors (Lipinski definition) is 1. The van der Waals surface area contributed by atoms with Crippen LogP contribution in [0, 0.1) is 5.92 Å². The Morgan fingerprint density at radius 1 is 1.22 bits per heavy atom. The van der Waals surface area contributed by atoms with E-state index in [-0.39, 0.29) is 11.8 Å². The number of rotatable bonds is 6. The van der Waals surface area contributed by atoms with Crippen LogP contribution in [0.4, 0.5) is 5.13 Å². The Morgan fingerprint density at radius 3 is 2.70 bits per heavy atom. The van der Waals surface area contributed by atoms with Crippen LogP contribution in [0.1, 0.15) is 55.6 Å². The second-order valence-corrected chi connectivity index (χ2v) is 9.02. The molecule has 1 fully saturated rings. The van der Waals surface area contributed by atoms with Gasteiger partial charge in [-0.1, -0.05) is 73.9 Å². The van der Waals surface area contributed by atoms with Gasteiger partial charge in [0.2, 0.25) is 5.91 Å². The number of anilines is 1. The van der Waals surface area contributed by atoms with E-state index in [2.05, 4.69) is 52.1 Å². The Kier molecular flexibility index (Phi) is 6.10. The van der Waals surface area contributed by atoms with Gasteiger partial charge in [-0.05, 0) is 35.3 Å². The number of nitrogens with zero attached hydrogens (tertiary/aromatic N) is 1. The zero-order chi connectivity index (χ0) is 18.5. The van der Waals surface area contributed by atoms with Gasteiger partial charge in [-0.3, -0.25) is 4.79 Å². The van der Waals surface area contributed by atoms with Crippen LogP contribution in [0.15, 0.2) is 53.4 Å².